The van der Waals surface area contributed by atoms with Gasteiger partial charge in [0.15, 0.2) is 0 Å². The van der Waals surface area contributed by atoms with Crippen molar-refractivity contribution in [3.63, 3.8) is 0 Å². The summed E-state index contributed by atoms with van der Waals surface area (Å²) in [5.74, 6) is -1.45. The van der Waals surface area contributed by atoms with E-state index in [4.69, 9.17) is 10.8 Å². The molecule has 0 bridgehead atoms. The van der Waals surface area contributed by atoms with Gasteiger partial charge in [0.1, 0.15) is 0 Å². The van der Waals surface area contributed by atoms with Gasteiger partial charge in [0.2, 0.25) is 5.91 Å². The van der Waals surface area contributed by atoms with E-state index in [-0.39, 0.29) is 18.4 Å². The smallest absolute Gasteiger partial charge is 0.308 e. The zero-order valence-corrected chi connectivity index (χ0v) is 10.9. The number of carbonyl (C=O) groups excluding carboxylic acids is 1. The normalized spacial score (nSPS) is 14.4. The second kappa shape index (κ2) is 8.06. The first-order chi connectivity index (χ1) is 7.92. The molecule has 0 aliphatic rings. The van der Waals surface area contributed by atoms with E-state index in [1.54, 1.807) is 0 Å². The van der Waals surface area contributed by atoms with Gasteiger partial charge in [0.05, 0.1) is 5.92 Å². The van der Waals surface area contributed by atoms with Crippen LogP contribution in [0.3, 0.4) is 0 Å². The van der Waals surface area contributed by atoms with E-state index < -0.39 is 11.9 Å². The molecule has 0 aromatic rings. The maximum absolute atomic E-state index is 11.6. The standard InChI is InChI=1S/C12H24N2O3/c1-4-9(6-13)11(15)14-7-10(12(16)17)5-8(2)3/h8-10H,4-7,13H2,1-3H3,(H,14,15)(H,16,17). The zero-order valence-electron chi connectivity index (χ0n) is 10.9. The first kappa shape index (κ1) is 15.9. The summed E-state index contributed by atoms with van der Waals surface area (Å²) in [6, 6.07) is 0. The lowest BCUT2D eigenvalue weighted by atomic mass is 9.97. The van der Waals surface area contributed by atoms with Crippen molar-refractivity contribution in [3.05, 3.63) is 0 Å². The third kappa shape index (κ3) is 6.26. The van der Waals surface area contributed by atoms with E-state index in [2.05, 4.69) is 5.32 Å². The zero-order chi connectivity index (χ0) is 13.4. The molecule has 0 aromatic heterocycles. The van der Waals surface area contributed by atoms with Crippen LogP contribution >= 0.6 is 0 Å². The van der Waals surface area contributed by atoms with Crippen LogP contribution in [-0.4, -0.2) is 30.1 Å². The molecule has 0 aliphatic carbocycles. The third-order valence-corrected chi connectivity index (χ3v) is 2.78. The Kier molecular flexibility index (Phi) is 7.54. The van der Waals surface area contributed by atoms with E-state index in [0.717, 1.165) is 0 Å². The van der Waals surface area contributed by atoms with E-state index >= 15 is 0 Å². The third-order valence-electron chi connectivity index (χ3n) is 2.78. The molecular formula is C12H24N2O3. The predicted octanol–water partition coefficient (Wildman–Crippen LogP) is 0.834. The van der Waals surface area contributed by atoms with Crippen molar-refractivity contribution in [3.8, 4) is 0 Å². The van der Waals surface area contributed by atoms with Crippen LogP contribution in [0.5, 0.6) is 0 Å². The minimum absolute atomic E-state index is 0.148. The number of nitrogens with two attached hydrogens (primary N) is 1. The molecular weight excluding hydrogens is 220 g/mol. The van der Waals surface area contributed by atoms with E-state index in [1.165, 1.54) is 0 Å². The van der Waals surface area contributed by atoms with Crippen LogP contribution in [0.4, 0.5) is 0 Å². The first-order valence-electron chi connectivity index (χ1n) is 6.12. The second-order valence-corrected chi connectivity index (χ2v) is 4.75. The number of carbonyl (C=O) groups is 2. The Morgan fingerprint density at radius 1 is 1.29 bits per heavy atom. The Bertz CT molecular complexity index is 250. The van der Waals surface area contributed by atoms with Gasteiger partial charge in [-0.25, -0.2) is 0 Å². The lowest BCUT2D eigenvalue weighted by Crippen LogP contribution is -2.39. The molecule has 0 fully saturated rings. The fraction of sp³-hybridized carbons (Fsp3) is 0.833. The molecule has 100 valence electrons. The van der Waals surface area contributed by atoms with Gasteiger partial charge in [0.25, 0.3) is 0 Å². The van der Waals surface area contributed by atoms with Crippen LogP contribution in [0, 0.1) is 17.8 Å². The fourth-order valence-electron chi connectivity index (χ4n) is 1.67. The van der Waals surface area contributed by atoms with E-state index in [0.29, 0.717) is 25.3 Å². The summed E-state index contributed by atoms with van der Waals surface area (Å²) < 4.78 is 0. The minimum atomic E-state index is -0.861. The largest absolute Gasteiger partial charge is 0.481 e. The van der Waals surface area contributed by atoms with Crippen LogP contribution < -0.4 is 11.1 Å². The van der Waals surface area contributed by atoms with Gasteiger partial charge < -0.3 is 16.2 Å². The molecule has 17 heavy (non-hydrogen) atoms. The molecule has 0 spiro atoms. The molecule has 2 atom stereocenters. The number of carboxylic acid groups (broad SMARTS) is 1. The van der Waals surface area contributed by atoms with Crippen molar-refractivity contribution in [1.82, 2.24) is 5.32 Å². The van der Waals surface area contributed by atoms with Crippen molar-refractivity contribution in [2.75, 3.05) is 13.1 Å². The Hall–Kier alpha value is -1.10. The van der Waals surface area contributed by atoms with Gasteiger partial charge in [-0.15, -0.1) is 0 Å². The summed E-state index contributed by atoms with van der Waals surface area (Å²) in [4.78, 5) is 22.6. The second-order valence-electron chi connectivity index (χ2n) is 4.75. The maximum atomic E-state index is 11.6. The number of rotatable bonds is 8. The molecule has 5 heteroatoms. The summed E-state index contributed by atoms with van der Waals surface area (Å²) in [5, 5.41) is 11.7. The molecule has 2 unspecified atom stereocenters. The number of aliphatic carboxylic acids is 1. The number of carboxylic acids is 1. The highest BCUT2D eigenvalue weighted by Gasteiger charge is 2.21. The number of amides is 1. The van der Waals surface area contributed by atoms with Gasteiger partial charge in [-0.05, 0) is 18.8 Å². The molecule has 0 aliphatic heterocycles. The summed E-state index contributed by atoms with van der Waals surface area (Å²) in [6.07, 6.45) is 1.24. The highest BCUT2D eigenvalue weighted by Crippen LogP contribution is 2.11. The first-order valence-corrected chi connectivity index (χ1v) is 6.12. The van der Waals surface area contributed by atoms with Crippen LogP contribution in [0.25, 0.3) is 0 Å². The topological polar surface area (TPSA) is 92.4 Å². The van der Waals surface area contributed by atoms with E-state index in [9.17, 15) is 9.59 Å². The Labute approximate surface area is 103 Å². The SMILES string of the molecule is CCC(CN)C(=O)NCC(CC(C)C)C(=O)O. The van der Waals surface area contributed by atoms with Crippen molar-refractivity contribution in [2.45, 2.75) is 33.6 Å². The average molecular weight is 244 g/mol. The molecule has 4 N–H and O–H groups in total. The van der Waals surface area contributed by atoms with Crippen LogP contribution in [0.2, 0.25) is 0 Å². The van der Waals surface area contributed by atoms with Crippen molar-refractivity contribution < 1.29 is 14.7 Å². The van der Waals surface area contributed by atoms with Crippen molar-refractivity contribution in [2.24, 2.45) is 23.5 Å². The number of nitrogens with one attached hydrogen (secondary N) is 1. The van der Waals surface area contributed by atoms with Gasteiger partial charge in [-0.1, -0.05) is 20.8 Å². The predicted molar refractivity (Wildman–Crippen MR) is 66.4 cm³/mol. The maximum Gasteiger partial charge on any atom is 0.308 e. The molecule has 1 amide bonds. The molecule has 0 aromatic carbocycles. The molecule has 0 heterocycles. The monoisotopic (exact) mass is 244 g/mol. The average Bonchev–Trinajstić information content (AvgIpc) is 2.25. The highest BCUT2D eigenvalue weighted by molar-refractivity contribution is 5.79. The van der Waals surface area contributed by atoms with Gasteiger partial charge >= 0.3 is 5.97 Å². The lowest BCUT2D eigenvalue weighted by molar-refractivity contribution is -0.142. The van der Waals surface area contributed by atoms with Crippen LogP contribution in [-0.2, 0) is 9.59 Å². The summed E-state index contributed by atoms with van der Waals surface area (Å²) in [7, 11) is 0. The van der Waals surface area contributed by atoms with Crippen molar-refractivity contribution in [1.29, 1.82) is 0 Å². The number of hydrogen-bond acceptors (Lipinski definition) is 3. The molecule has 0 saturated heterocycles. The lowest BCUT2D eigenvalue weighted by Gasteiger charge is -2.17. The van der Waals surface area contributed by atoms with Gasteiger partial charge in [0, 0.05) is 19.0 Å². The van der Waals surface area contributed by atoms with Gasteiger partial charge in [-0.3, -0.25) is 9.59 Å². The Morgan fingerprint density at radius 2 is 1.88 bits per heavy atom. The fourth-order valence-corrected chi connectivity index (χ4v) is 1.67. The molecule has 0 saturated carbocycles. The van der Waals surface area contributed by atoms with Crippen LogP contribution in [0.1, 0.15) is 33.6 Å². The van der Waals surface area contributed by atoms with Crippen LogP contribution in [0.15, 0.2) is 0 Å². The molecule has 0 radical (unpaired) electrons. The summed E-state index contributed by atoms with van der Waals surface area (Å²) >= 11 is 0. The van der Waals surface area contributed by atoms with Crippen molar-refractivity contribution >= 4 is 11.9 Å². The van der Waals surface area contributed by atoms with Gasteiger partial charge in [-0.2, -0.15) is 0 Å². The molecule has 5 nitrogen and oxygen atoms in total. The Balaban J connectivity index is 4.21. The number of hydrogen-bond donors (Lipinski definition) is 3. The molecule has 0 rings (SSSR count). The summed E-state index contributed by atoms with van der Waals surface area (Å²) in [6.45, 7) is 6.30. The summed E-state index contributed by atoms with van der Waals surface area (Å²) in [5.41, 5.74) is 5.45. The quantitative estimate of drug-likeness (QED) is 0.589. The van der Waals surface area contributed by atoms with E-state index in [1.807, 2.05) is 20.8 Å². The minimum Gasteiger partial charge on any atom is -0.481 e. The Morgan fingerprint density at radius 3 is 2.24 bits per heavy atom. The highest BCUT2D eigenvalue weighted by atomic mass is 16.4.